The lowest BCUT2D eigenvalue weighted by Gasteiger charge is -2.41. The quantitative estimate of drug-likeness (QED) is 0.906. The Bertz CT molecular complexity index is 534. The Balaban J connectivity index is 1.92. The van der Waals surface area contributed by atoms with E-state index in [1.165, 1.54) is 19.3 Å². The molecular weight excluding hydrogens is 296 g/mol. The monoisotopic (exact) mass is 322 g/mol. The first-order valence-corrected chi connectivity index (χ1v) is 9.43. The summed E-state index contributed by atoms with van der Waals surface area (Å²) in [6.45, 7) is 7.22. The molecule has 4 nitrogen and oxygen atoms in total. The van der Waals surface area contributed by atoms with E-state index in [1.54, 1.807) is 30.5 Å². The molecule has 1 unspecified atom stereocenters. The minimum atomic E-state index is -1.01. The average molecular weight is 322 g/mol. The highest BCUT2D eigenvalue weighted by Gasteiger charge is 2.28. The number of carbonyl (C=O) groups excluding carboxylic acids is 1. The van der Waals surface area contributed by atoms with Crippen LogP contribution in [0.2, 0.25) is 0 Å². The fourth-order valence-corrected chi connectivity index (χ4v) is 3.33. The normalized spacial score (nSPS) is 18.0. The number of piperidine rings is 1. The predicted molar refractivity (Wildman–Crippen MR) is 90.6 cm³/mol. The van der Waals surface area contributed by atoms with Crippen LogP contribution in [-0.2, 0) is 10.8 Å². The van der Waals surface area contributed by atoms with Gasteiger partial charge in [-0.1, -0.05) is 6.42 Å². The molecule has 1 amide bonds. The van der Waals surface area contributed by atoms with Crippen LogP contribution in [-0.4, -0.2) is 46.4 Å². The van der Waals surface area contributed by atoms with E-state index in [2.05, 4.69) is 24.1 Å². The Morgan fingerprint density at radius 2 is 1.77 bits per heavy atom. The Labute approximate surface area is 135 Å². The molecule has 0 saturated carbocycles. The van der Waals surface area contributed by atoms with Crippen LogP contribution in [0.25, 0.3) is 0 Å². The van der Waals surface area contributed by atoms with Crippen molar-refractivity contribution in [3.05, 3.63) is 29.8 Å². The van der Waals surface area contributed by atoms with Gasteiger partial charge in [0.15, 0.2) is 0 Å². The van der Waals surface area contributed by atoms with Gasteiger partial charge >= 0.3 is 0 Å². The molecule has 122 valence electrons. The Morgan fingerprint density at radius 3 is 2.32 bits per heavy atom. The lowest BCUT2D eigenvalue weighted by Crippen LogP contribution is -2.53. The molecule has 2 rings (SSSR count). The van der Waals surface area contributed by atoms with Crippen LogP contribution >= 0.6 is 0 Å². The molecule has 1 heterocycles. The number of amides is 1. The number of carbonyl (C=O) groups is 1. The number of nitrogens with one attached hydrogen (secondary N) is 1. The Morgan fingerprint density at radius 1 is 1.18 bits per heavy atom. The van der Waals surface area contributed by atoms with Crippen molar-refractivity contribution in [3.8, 4) is 0 Å². The molecule has 0 radical (unpaired) electrons. The molecule has 0 bridgehead atoms. The van der Waals surface area contributed by atoms with Crippen LogP contribution in [0, 0.1) is 0 Å². The van der Waals surface area contributed by atoms with Crippen molar-refractivity contribution < 1.29 is 9.00 Å². The van der Waals surface area contributed by atoms with Crippen molar-refractivity contribution in [1.82, 2.24) is 10.2 Å². The molecule has 1 saturated heterocycles. The lowest BCUT2D eigenvalue weighted by atomic mass is 9.98. The van der Waals surface area contributed by atoms with Crippen molar-refractivity contribution in [2.45, 2.75) is 43.5 Å². The average Bonchev–Trinajstić information content (AvgIpc) is 2.53. The lowest BCUT2D eigenvalue weighted by molar-refractivity contribution is 0.0797. The number of hydrogen-bond donors (Lipinski definition) is 1. The van der Waals surface area contributed by atoms with Gasteiger partial charge in [0.05, 0.1) is 0 Å². The molecule has 1 atom stereocenters. The number of nitrogens with zero attached hydrogens (tertiary/aromatic N) is 1. The van der Waals surface area contributed by atoms with Crippen LogP contribution in [0.1, 0.15) is 43.5 Å². The molecule has 0 aromatic heterocycles. The molecule has 1 N–H and O–H groups in total. The van der Waals surface area contributed by atoms with Gasteiger partial charge in [-0.3, -0.25) is 13.9 Å². The van der Waals surface area contributed by atoms with E-state index in [9.17, 15) is 9.00 Å². The van der Waals surface area contributed by atoms with Crippen LogP contribution in [0.4, 0.5) is 0 Å². The first kappa shape index (κ1) is 17.2. The summed E-state index contributed by atoms with van der Waals surface area (Å²) < 4.78 is 11.4. The first-order chi connectivity index (χ1) is 10.4. The van der Waals surface area contributed by atoms with Gasteiger partial charge in [0.25, 0.3) is 5.91 Å². The third-order valence-electron chi connectivity index (χ3n) is 4.34. The van der Waals surface area contributed by atoms with Crippen molar-refractivity contribution in [3.63, 3.8) is 0 Å². The number of hydrogen-bond acceptors (Lipinski definition) is 3. The van der Waals surface area contributed by atoms with E-state index < -0.39 is 10.8 Å². The van der Waals surface area contributed by atoms with Crippen LogP contribution in [0.15, 0.2) is 29.2 Å². The minimum absolute atomic E-state index is 0.0268. The Hall–Kier alpha value is -1.20. The minimum Gasteiger partial charge on any atom is -0.350 e. The summed E-state index contributed by atoms with van der Waals surface area (Å²) in [5, 5.41) is 3.03. The Kier molecular flexibility index (Phi) is 5.75. The molecule has 5 heteroatoms. The van der Waals surface area contributed by atoms with Crippen molar-refractivity contribution in [1.29, 1.82) is 0 Å². The van der Waals surface area contributed by atoms with Crippen molar-refractivity contribution in [2.75, 3.05) is 25.9 Å². The van der Waals surface area contributed by atoms with Crippen LogP contribution in [0.5, 0.6) is 0 Å². The summed E-state index contributed by atoms with van der Waals surface area (Å²) in [4.78, 5) is 15.4. The van der Waals surface area contributed by atoms with Gasteiger partial charge < -0.3 is 5.32 Å². The molecule has 0 spiro atoms. The highest BCUT2D eigenvalue weighted by molar-refractivity contribution is 7.84. The number of rotatable bonds is 5. The molecule has 1 aromatic carbocycles. The van der Waals surface area contributed by atoms with Crippen molar-refractivity contribution in [2.24, 2.45) is 0 Å². The zero-order valence-corrected chi connectivity index (χ0v) is 14.5. The van der Waals surface area contributed by atoms with Gasteiger partial charge in [-0.2, -0.15) is 0 Å². The highest BCUT2D eigenvalue weighted by Crippen LogP contribution is 2.20. The molecular formula is C17H26N2O2S. The molecule has 22 heavy (non-hydrogen) atoms. The van der Waals surface area contributed by atoms with Gasteiger partial charge in [-0.05, 0) is 64.0 Å². The second-order valence-corrected chi connectivity index (χ2v) is 7.90. The first-order valence-electron chi connectivity index (χ1n) is 7.87. The second kappa shape index (κ2) is 7.38. The largest absolute Gasteiger partial charge is 0.350 e. The van der Waals surface area contributed by atoms with Crippen molar-refractivity contribution >= 4 is 16.7 Å². The van der Waals surface area contributed by atoms with Gasteiger partial charge in [-0.25, -0.2) is 0 Å². The summed E-state index contributed by atoms with van der Waals surface area (Å²) >= 11 is 0. The summed E-state index contributed by atoms with van der Waals surface area (Å²) in [5.74, 6) is -0.0708. The molecule has 1 fully saturated rings. The van der Waals surface area contributed by atoms with Crippen LogP contribution < -0.4 is 5.32 Å². The standard InChI is InChI=1S/C17H26N2O2S/c1-17(2,19-11-5-4-6-12-19)13-18-16(20)14-7-9-15(10-8-14)22(3)21/h7-10H,4-6,11-13H2,1-3H3,(H,18,20). The summed E-state index contributed by atoms with van der Waals surface area (Å²) in [6.07, 6.45) is 5.43. The molecule has 1 aliphatic heterocycles. The SMILES string of the molecule is CS(=O)c1ccc(C(=O)NCC(C)(C)N2CCCCC2)cc1. The summed E-state index contributed by atoms with van der Waals surface area (Å²) in [7, 11) is -1.01. The van der Waals surface area contributed by atoms with Gasteiger partial charge in [-0.15, -0.1) is 0 Å². The maximum absolute atomic E-state index is 12.2. The fourth-order valence-electron chi connectivity index (χ4n) is 2.81. The van der Waals surface area contributed by atoms with E-state index in [-0.39, 0.29) is 11.4 Å². The van der Waals surface area contributed by atoms with E-state index in [4.69, 9.17) is 0 Å². The molecule has 0 aliphatic carbocycles. The van der Waals surface area contributed by atoms with Gasteiger partial charge in [0, 0.05) is 39.6 Å². The molecule has 1 aromatic rings. The zero-order chi connectivity index (χ0) is 16.2. The van der Waals surface area contributed by atoms with Crippen LogP contribution in [0.3, 0.4) is 0 Å². The third kappa shape index (κ3) is 4.40. The third-order valence-corrected chi connectivity index (χ3v) is 5.28. The van der Waals surface area contributed by atoms with E-state index in [0.717, 1.165) is 18.0 Å². The number of likely N-dealkylation sites (tertiary alicyclic amines) is 1. The van der Waals surface area contributed by atoms with E-state index in [0.29, 0.717) is 12.1 Å². The van der Waals surface area contributed by atoms with Gasteiger partial charge in [0.2, 0.25) is 0 Å². The summed E-state index contributed by atoms with van der Waals surface area (Å²) in [6, 6.07) is 6.97. The predicted octanol–water partition coefficient (Wildman–Crippen LogP) is 2.42. The highest BCUT2D eigenvalue weighted by atomic mass is 32.2. The van der Waals surface area contributed by atoms with E-state index in [1.807, 2.05) is 0 Å². The van der Waals surface area contributed by atoms with E-state index >= 15 is 0 Å². The smallest absolute Gasteiger partial charge is 0.251 e. The topological polar surface area (TPSA) is 49.4 Å². The fraction of sp³-hybridized carbons (Fsp3) is 0.588. The second-order valence-electron chi connectivity index (χ2n) is 6.52. The molecule has 1 aliphatic rings. The zero-order valence-electron chi connectivity index (χ0n) is 13.7. The summed E-state index contributed by atoms with van der Waals surface area (Å²) in [5.41, 5.74) is 0.588. The van der Waals surface area contributed by atoms with Gasteiger partial charge in [0.1, 0.15) is 0 Å². The maximum atomic E-state index is 12.2. The number of benzene rings is 1. The maximum Gasteiger partial charge on any atom is 0.251 e.